The Labute approximate surface area is 133 Å². The number of hydrogen-bond donors (Lipinski definition) is 2. The fourth-order valence-electron chi connectivity index (χ4n) is 3.30. The summed E-state index contributed by atoms with van der Waals surface area (Å²) < 4.78 is 0. The number of carbonyl (C=O) groups is 2. The molecule has 2 rings (SSSR count). The van der Waals surface area contributed by atoms with Gasteiger partial charge in [-0.3, -0.25) is 14.5 Å². The average Bonchev–Trinajstić information content (AvgIpc) is 2.55. The lowest BCUT2D eigenvalue weighted by Crippen LogP contribution is -2.52. The van der Waals surface area contributed by atoms with Crippen molar-refractivity contribution >= 4 is 11.8 Å². The van der Waals surface area contributed by atoms with Crippen molar-refractivity contribution in [3.63, 3.8) is 0 Å². The molecule has 0 bridgehead atoms. The molecule has 0 aromatic carbocycles. The SMILES string of the molecule is C[C@@H](N)C(=O)NCCN1CCN(C(=O)C2CCCCC2)CC1. The first kappa shape index (κ1) is 17.2. The molecular weight excluding hydrogens is 280 g/mol. The van der Waals surface area contributed by atoms with Crippen LogP contribution >= 0.6 is 0 Å². The molecule has 6 heteroatoms. The summed E-state index contributed by atoms with van der Waals surface area (Å²) in [5.74, 6) is 0.529. The summed E-state index contributed by atoms with van der Waals surface area (Å²) in [6, 6.07) is -0.454. The van der Waals surface area contributed by atoms with Gasteiger partial charge in [-0.05, 0) is 19.8 Å². The predicted molar refractivity (Wildman–Crippen MR) is 86.3 cm³/mol. The molecule has 1 saturated heterocycles. The van der Waals surface area contributed by atoms with Crippen LogP contribution in [0.15, 0.2) is 0 Å². The van der Waals surface area contributed by atoms with Gasteiger partial charge in [0.15, 0.2) is 0 Å². The third kappa shape index (κ3) is 4.95. The van der Waals surface area contributed by atoms with Crippen molar-refractivity contribution in [3.8, 4) is 0 Å². The van der Waals surface area contributed by atoms with Crippen LogP contribution in [0.1, 0.15) is 39.0 Å². The fourth-order valence-corrected chi connectivity index (χ4v) is 3.30. The van der Waals surface area contributed by atoms with E-state index in [4.69, 9.17) is 5.73 Å². The molecule has 22 heavy (non-hydrogen) atoms. The van der Waals surface area contributed by atoms with Crippen LogP contribution in [-0.4, -0.2) is 66.9 Å². The fraction of sp³-hybridized carbons (Fsp3) is 0.875. The van der Waals surface area contributed by atoms with Gasteiger partial charge in [0, 0.05) is 45.2 Å². The maximum Gasteiger partial charge on any atom is 0.236 e. The van der Waals surface area contributed by atoms with Crippen molar-refractivity contribution in [2.45, 2.75) is 45.1 Å². The first-order valence-electron chi connectivity index (χ1n) is 8.62. The minimum Gasteiger partial charge on any atom is -0.353 e. The molecule has 0 aromatic rings. The van der Waals surface area contributed by atoms with E-state index in [0.717, 1.165) is 45.6 Å². The Bertz CT molecular complexity index is 372. The third-order valence-electron chi connectivity index (χ3n) is 4.78. The van der Waals surface area contributed by atoms with Gasteiger partial charge in [0.1, 0.15) is 0 Å². The van der Waals surface area contributed by atoms with Gasteiger partial charge in [0.05, 0.1) is 6.04 Å². The lowest BCUT2D eigenvalue weighted by atomic mass is 9.88. The maximum atomic E-state index is 12.5. The monoisotopic (exact) mass is 310 g/mol. The molecule has 1 saturated carbocycles. The van der Waals surface area contributed by atoms with E-state index in [-0.39, 0.29) is 11.8 Å². The Morgan fingerprint density at radius 2 is 1.77 bits per heavy atom. The van der Waals surface area contributed by atoms with Gasteiger partial charge >= 0.3 is 0 Å². The predicted octanol–water partition coefficient (Wildman–Crippen LogP) is 0.174. The largest absolute Gasteiger partial charge is 0.353 e. The Morgan fingerprint density at radius 1 is 1.14 bits per heavy atom. The van der Waals surface area contributed by atoms with E-state index < -0.39 is 6.04 Å². The molecule has 0 unspecified atom stereocenters. The molecule has 6 nitrogen and oxygen atoms in total. The first-order valence-corrected chi connectivity index (χ1v) is 8.62. The number of nitrogens with one attached hydrogen (secondary N) is 1. The smallest absolute Gasteiger partial charge is 0.236 e. The van der Waals surface area contributed by atoms with Gasteiger partial charge in [-0.25, -0.2) is 0 Å². The number of hydrogen-bond acceptors (Lipinski definition) is 4. The number of nitrogens with zero attached hydrogens (tertiary/aromatic N) is 2. The van der Waals surface area contributed by atoms with Gasteiger partial charge in [0.25, 0.3) is 0 Å². The average molecular weight is 310 g/mol. The van der Waals surface area contributed by atoms with E-state index in [1.807, 2.05) is 4.90 Å². The molecule has 2 aliphatic rings. The second kappa shape index (κ2) is 8.48. The summed E-state index contributed by atoms with van der Waals surface area (Å²) in [5.41, 5.74) is 5.51. The summed E-state index contributed by atoms with van der Waals surface area (Å²) in [4.78, 5) is 28.2. The molecule has 126 valence electrons. The lowest BCUT2D eigenvalue weighted by molar-refractivity contribution is -0.138. The Morgan fingerprint density at radius 3 is 2.36 bits per heavy atom. The van der Waals surface area contributed by atoms with Crippen LogP contribution in [0, 0.1) is 5.92 Å². The molecule has 2 amide bonds. The van der Waals surface area contributed by atoms with Gasteiger partial charge in [-0.15, -0.1) is 0 Å². The van der Waals surface area contributed by atoms with E-state index >= 15 is 0 Å². The van der Waals surface area contributed by atoms with Crippen LogP contribution in [0.2, 0.25) is 0 Å². The molecule has 1 aliphatic carbocycles. The zero-order chi connectivity index (χ0) is 15.9. The Hall–Kier alpha value is -1.14. The van der Waals surface area contributed by atoms with E-state index in [2.05, 4.69) is 10.2 Å². The van der Waals surface area contributed by atoms with Gasteiger partial charge in [-0.2, -0.15) is 0 Å². The van der Waals surface area contributed by atoms with E-state index in [1.165, 1.54) is 19.3 Å². The Kier molecular flexibility index (Phi) is 6.64. The summed E-state index contributed by atoms with van der Waals surface area (Å²) in [6.45, 7) is 6.55. The lowest BCUT2D eigenvalue weighted by Gasteiger charge is -2.37. The zero-order valence-corrected chi connectivity index (χ0v) is 13.7. The number of rotatable bonds is 5. The molecule has 0 spiro atoms. The van der Waals surface area contributed by atoms with Crippen molar-refractivity contribution in [3.05, 3.63) is 0 Å². The Balaban J connectivity index is 1.65. The van der Waals surface area contributed by atoms with Crippen molar-refractivity contribution in [2.24, 2.45) is 11.7 Å². The summed E-state index contributed by atoms with van der Waals surface area (Å²) in [7, 11) is 0. The van der Waals surface area contributed by atoms with E-state index in [9.17, 15) is 9.59 Å². The third-order valence-corrected chi connectivity index (χ3v) is 4.78. The second-order valence-electron chi connectivity index (χ2n) is 6.58. The minimum absolute atomic E-state index is 0.105. The first-order chi connectivity index (χ1) is 10.6. The van der Waals surface area contributed by atoms with Crippen molar-refractivity contribution in [1.82, 2.24) is 15.1 Å². The van der Waals surface area contributed by atoms with Gasteiger partial charge in [0.2, 0.25) is 11.8 Å². The van der Waals surface area contributed by atoms with Gasteiger partial charge < -0.3 is 16.0 Å². The molecule has 0 radical (unpaired) electrons. The topological polar surface area (TPSA) is 78.7 Å². The summed E-state index contributed by atoms with van der Waals surface area (Å²) in [6.07, 6.45) is 5.83. The molecule has 1 aliphatic heterocycles. The normalized spacial score (nSPS) is 22.4. The molecule has 1 heterocycles. The number of amides is 2. The molecule has 3 N–H and O–H groups in total. The van der Waals surface area contributed by atoms with Crippen LogP contribution in [-0.2, 0) is 9.59 Å². The van der Waals surface area contributed by atoms with E-state index in [1.54, 1.807) is 6.92 Å². The van der Waals surface area contributed by atoms with Crippen LogP contribution in [0.3, 0.4) is 0 Å². The second-order valence-corrected chi connectivity index (χ2v) is 6.58. The van der Waals surface area contributed by atoms with Crippen LogP contribution in [0.25, 0.3) is 0 Å². The standard InChI is InChI=1S/C16H30N4O2/c1-13(17)15(21)18-7-8-19-9-11-20(12-10-19)16(22)14-5-3-2-4-6-14/h13-14H,2-12,17H2,1H3,(H,18,21)/t13-/m1/s1. The molecular formula is C16H30N4O2. The molecule has 0 aromatic heterocycles. The number of piperazine rings is 1. The highest BCUT2D eigenvalue weighted by molar-refractivity contribution is 5.81. The maximum absolute atomic E-state index is 12.5. The molecule has 2 fully saturated rings. The number of nitrogens with two attached hydrogens (primary N) is 1. The van der Waals surface area contributed by atoms with Crippen LogP contribution in [0.4, 0.5) is 0 Å². The van der Waals surface area contributed by atoms with Crippen molar-refractivity contribution < 1.29 is 9.59 Å². The number of carbonyl (C=O) groups excluding carboxylic acids is 2. The van der Waals surface area contributed by atoms with E-state index in [0.29, 0.717) is 12.5 Å². The van der Waals surface area contributed by atoms with Crippen molar-refractivity contribution in [2.75, 3.05) is 39.3 Å². The zero-order valence-electron chi connectivity index (χ0n) is 13.7. The minimum atomic E-state index is -0.454. The summed E-state index contributed by atoms with van der Waals surface area (Å²) in [5, 5.41) is 2.83. The highest BCUT2D eigenvalue weighted by Crippen LogP contribution is 2.25. The van der Waals surface area contributed by atoms with Gasteiger partial charge in [-0.1, -0.05) is 19.3 Å². The molecule has 1 atom stereocenters. The highest BCUT2D eigenvalue weighted by Gasteiger charge is 2.28. The van der Waals surface area contributed by atoms with Crippen LogP contribution in [0.5, 0.6) is 0 Å². The summed E-state index contributed by atoms with van der Waals surface area (Å²) >= 11 is 0. The highest BCUT2D eigenvalue weighted by atomic mass is 16.2. The van der Waals surface area contributed by atoms with Crippen LogP contribution < -0.4 is 11.1 Å². The quantitative estimate of drug-likeness (QED) is 0.759. The van der Waals surface area contributed by atoms with Crippen molar-refractivity contribution in [1.29, 1.82) is 0 Å².